The molecular weight excluding hydrogens is 709 g/mol. The van der Waals surface area contributed by atoms with Crippen molar-refractivity contribution in [3.8, 4) is 0 Å². The smallest absolute Gasteiger partial charge is 0.306 e. The molecule has 0 spiro atoms. The van der Waals surface area contributed by atoms with Crippen LogP contribution in [0.15, 0.2) is 0 Å². The Kier molecular flexibility index (Phi) is 39.9. The number of phosphoric acid groups is 1. The van der Waals surface area contributed by atoms with Gasteiger partial charge in [0.25, 0.3) is 7.82 Å². The predicted octanol–water partition coefficient (Wildman–Crippen LogP) is 13.4. The van der Waals surface area contributed by atoms with E-state index in [0.29, 0.717) is 24.1 Å². The summed E-state index contributed by atoms with van der Waals surface area (Å²) in [6.45, 7) is 5.48. The fourth-order valence-electron chi connectivity index (χ4n) is 6.96. The third-order valence-electron chi connectivity index (χ3n) is 10.7. The van der Waals surface area contributed by atoms with E-state index in [1.165, 1.54) is 180 Å². The number of rotatable bonds is 45. The van der Waals surface area contributed by atoms with E-state index < -0.39 is 13.9 Å². The normalized spacial score (nSPS) is 13.6. The summed E-state index contributed by atoms with van der Waals surface area (Å²) in [5.41, 5.74) is 0. The molecule has 0 amide bonds. The van der Waals surface area contributed by atoms with Crippen molar-refractivity contribution in [2.45, 2.75) is 238 Å². The lowest BCUT2D eigenvalue weighted by molar-refractivity contribution is -0.870. The standard InChI is InChI=1S/C46H94NO7P/c1-6-8-10-12-14-16-18-20-22-23-24-25-26-27-29-31-33-35-37-39-46(48)54-45(44-53-55(49,50)52-42-40-47(3,4)5)43-51-41-38-36-34-32-30-28-21-19-17-15-13-11-9-7-2/h45H,6-44H2,1-5H3/t45-/m1/s1. The summed E-state index contributed by atoms with van der Waals surface area (Å²) in [5.74, 6) is -0.327. The second-order valence-electron chi connectivity index (χ2n) is 17.5. The minimum Gasteiger partial charge on any atom is -0.756 e. The van der Waals surface area contributed by atoms with Crippen molar-refractivity contribution in [3.05, 3.63) is 0 Å². The van der Waals surface area contributed by atoms with Crippen LogP contribution in [0.1, 0.15) is 232 Å². The second-order valence-corrected chi connectivity index (χ2v) is 18.9. The average Bonchev–Trinajstić information content (AvgIpc) is 3.13. The van der Waals surface area contributed by atoms with E-state index in [4.69, 9.17) is 18.5 Å². The molecule has 0 saturated carbocycles. The number of unbranched alkanes of at least 4 members (excludes halogenated alkanes) is 31. The lowest BCUT2D eigenvalue weighted by Crippen LogP contribution is -2.37. The Morgan fingerprint density at radius 3 is 1.20 bits per heavy atom. The molecule has 8 nitrogen and oxygen atoms in total. The maximum atomic E-state index is 12.7. The zero-order valence-corrected chi connectivity index (χ0v) is 38.3. The quantitative estimate of drug-likeness (QED) is 0.0262. The summed E-state index contributed by atoms with van der Waals surface area (Å²) in [5, 5.41) is 0. The molecular formula is C46H94NO7P. The van der Waals surface area contributed by atoms with Crippen LogP contribution in [-0.4, -0.2) is 70.7 Å². The van der Waals surface area contributed by atoms with Gasteiger partial charge < -0.3 is 27.9 Å². The topological polar surface area (TPSA) is 94.1 Å². The van der Waals surface area contributed by atoms with Crippen molar-refractivity contribution in [3.63, 3.8) is 0 Å². The van der Waals surface area contributed by atoms with E-state index >= 15 is 0 Å². The number of esters is 1. The molecule has 0 radical (unpaired) electrons. The zero-order chi connectivity index (χ0) is 40.6. The number of quaternary nitrogens is 1. The van der Waals surface area contributed by atoms with Gasteiger partial charge in [-0.25, -0.2) is 0 Å². The monoisotopic (exact) mass is 804 g/mol. The number of carbonyl (C=O) groups is 1. The fraction of sp³-hybridized carbons (Fsp3) is 0.978. The highest BCUT2D eigenvalue weighted by atomic mass is 31.2. The van der Waals surface area contributed by atoms with Crippen LogP contribution < -0.4 is 4.89 Å². The Morgan fingerprint density at radius 2 is 0.836 bits per heavy atom. The fourth-order valence-corrected chi connectivity index (χ4v) is 7.69. The van der Waals surface area contributed by atoms with Crippen LogP contribution in [0.3, 0.4) is 0 Å². The number of phosphoric ester groups is 1. The van der Waals surface area contributed by atoms with E-state index in [1.54, 1.807) is 0 Å². The molecule has 55 heavy (non-hydrogen) atoms. The molecule has 0 aromatic rings. The van der Waals surface area contributed by atoms with E-state index in [0.717, 1.165) is 32.1 Å². The van der Waals surface area contributed by atoms with Crippen LogP contribution >= 0.6 is 7.82 Å². The van der Waals surface area contributed by atoms with Gasteiger partial charge in [0.1, 0.15) is 19.3 Å². The molecule has 330 valence electrons. The van der Waals surface area contributed by atoms with Crippen molar-refractivity contribution in [1.29, 1.82) is 0 Å². The Balaban J connectivity index is 4.12. The van der Waals surface area contributed by atoms with Gasteiger partial charge in [-0.15, -0.1) is 0 Å². The van der Waals surface area contributed by atoms with Crippen molar-refractivity contribution >= 4 is 13.8 Å². The van der Waals surface area contributed by atoms with E-state index in [-0.39, 0.29) is 25.8 Å². The molecule has 0 heterocycles. The summed E-state index contributed by atoms with van der Waals surface area (Å²) < 4.78 is 34.7. The van der Waals surface area contributed by atoms with Gasteiger partial charge in [-0.2, -0.15) is 0 Å². The number of ether oxygens (including phenoxy) is 2. The van der Waals surface area contributed by atoms with Gasteiger partial charge in [0.05, 0.1) is 34.4 Å². The van der Waals surface area contributed by atoms with Crippen LogP contribution in [0.4, 0.5) is 0 Å². The van der Waals surface area contributed by atoms with Gasteiger partial charge in [-0.1, -0.05) is 213 Å². The van der Waals surface area contributed by atoms with Gasteiger partial charge in [0.2, 0.25) is 0 Å². The van der Waals surface area contributed by atoms with Crippen molar-refractivity contribution in [1.82, 2.24) is 0 Å². The van der Waals surface area contributed by atoms with Crippen LogP contribution in [0.2, 0.25) is 0 Å². The van der Waals surface area contributed by atoms with Crippen molar-refractivity contribution < 1.29 is 37.3 Å². The van der Waals surface area contributed by atoms with Crippen molar-refractivity contribution in [2.75, 3.05) is 54.1 Å². The molecule has 0 rings (SSSR count). The molecule has 0 aromatic heterocycles. The highest BCUT2D eigenvalue weighted by Crippen LogP contribution is 2.38. The molecule has 0 aliphatic carbocycles. The first-order valence-corrected chi connectivity index (χ1v) is 25.2. The number of likely N-dealkylation sites (N-methyl/N-ethyl adjacent to an activating group) is 1. The van der Waals surface area contributed by atoms with Gasteiger partial charge in [0, 0.05) is 13.0 Å². The summed E-state index contributed by atoms with van der Waals surface area (Å²) in [7, 11) is 1.38. The summed E-state index contributed by atoms with van der Waals surface area (Å²) in [4.78, 5) is 25.1. The van der Waals surface area contributed by atoms with Crippen LogP contribution in [0.25, 0.3) is 0 Å². The Morgan fingerprint density at radius 1 is 0.491 bits per heavy atom. The Bertz CT molecular complexity index is 853. The van der Waals surface area contributed by atoms with Gasteiger partial charge >= 0.3 is 5.97 Å². The molecule has 1 unspecified atom stereocenters. The SMILES string of the molecule is CCCCCCCCCCCCCCCCCCCCCC(=O)O[C@H](COCCCCCCCCCCCCCCCC)COP(=O)([O-])OCC[N+](C)(C)C. The molecule has 0 aliphatic rings. The number of carbonyl (C=O) groups excluding carboxylic acids is 1. The highest BCUT2D eigenvalue weighted by molar-refractivity contribution is 7.45. The molecule has 2 atom stereocenters. The lowest BCUT2D eigenvalue weighted by Gasteiger charge is -2.28. The molecule has 0 bridgehead atoms. The Hall–Kier alpha value is -0.500. The summed E-state index contributed by atoms with van der Waals surface area (Å²) in [6.07, 6.45) is 42.5. The largest absolute Gasteiger partial charge is 0.756 e. The van der Waals surface area contributed by atoms with Crippen LogP contribution in [0.5, 0.6) is 0 Å². The first-order chi connectivity index (χ1) is 26.6. The molecule has 0 aliphatic heterocycles. The predicted molar refractivity (Wildman–Crippen MR) is 231 cm³/mol. The Labute approximate surface area is 342 Å². The first kappa shape index (κ1) is 54.5. The average molecular weight is 804 g/mol. The summed E-state index contributed by atoms with van der Waals surface area (Å²) in [6, 6.07) is 0. The molecule has 0 saturated heterocycles. The van der Waals surface area contributed by atoms with Gasteiger partial charge in [-0.05, 0) is 12.8 Å². The van der Waals surface area contributed by atoms with Crippen LogP contribution in [0, 0.1) is 0 Å². The van der Waals surface area contributed by atoms with E-state index in [2.05, 4.69) is 13.8 Å². The maximum absolute atomic E-state index is 12.7. The van der Waals surface area contributed by atoms with Gasteiger partial charge in [0.15, 0.2) is 0 Å². The molecule has 9 heteroatoms. The highest BCUT2D eigenvalue weighted by Gasteiger charge is 2.20. The number of hydrogen-bond donors (Lipinski definition) is 0. The number of hydrogen-bond acceptors (Lipinski definition) is 7. The third-order valence-corrected chi connectivity index (χ3v) is 11.6. The molecule has 0 fully saturated rings. The van der Waals surface area contributed by atoms with E-state index in [9.17, 15) is 14.3 Å². The first-order valence-electron chi connectivity index (χ1n) is 23.8. The third kappa shape index (κ3) is 44.4. The number of nitrogens with zero attached hydrogens (tertiary/aromatic N) is 1. The molecule has 0 aromatic carbocycles. The maximum Gasteiger partial charge on any atom is 0.306 e. The van der Waals surface area contributed by atoms with Gasteiger partial charge in [-0.3, -0.25) is 9.36 Å². The zero-order valence-electron chi connectivity index (χ0n) is 37.4. The lowest BCUT2D eigenvalue weighted by atomic mass is 10.0. The van der Waals surface area contributed by atoms with Crippen molar-refractivity contribution in [2.24, 2.45) is 0 Å². The minimum absolute atomic E-state index is 0.0315. The molecule has 0 N–H and O–H groups in total. The minimum atomic E-state index is -4.52. The van der Waals surface area contributed by atoms with E-state index in [1.807, 2.05) is 21.1 Å². The second kappa shape index (κ2) is 40.3. The van der Waals surface area contributed by atoms with Crippen LogP contribution in [-0.2, 0) is 27.9 Å². The summed E-state index contributed by atoms with van der Waals surface area (Å²) >= 11 is 0.